The summed E-state index contributed by atoms with van der Waals surface area (Å²) in [6, 6.07) is 0. The monoisotopic (exact) mass is 308 g/mol. The number of amides is 1. The van der Waals surface area contributed by atoms with E-state index in [1.807, 2.05) is 0 Å². The van der Waals surface area contributed by atoms with Crippen molar-refractivity contribution in [2.24, 2.45) is 0 Å². The second kappa shape index (κ2) is 5.33. The van der Waals surface area contributed by atoms with Crippen molar-refractivity contribution in [3.8, 4) is 0 Å². The standard InChI is InChI=1S/C9H13IN2O2/c1-6-8(14-7(2)12-6)9(13)11-5-3-4-10/h3-5H2,1-2H3,(H,11,13). The van der Waals surface area contributed by atoms with Gasteiger partial charge < -0.3 is 9.73 Å². The van der Waals surface area contributed by atoms with Crippen molar-refractivity contribution in [3.63, 3.8) is 0 Å². The van der Waals surface area contributed by atoms with Crippen molar-refractivity contribution in [2.75, 3.05) is 11.0 Å². The maximum Gasteiger partial charge on any atom is 0.289 e. The Morgan fingerprint density at radius 2 is 2.29 bits per heavy atom. The van der Waals surface area contributed by atoms with Crippen LogP contribution in [-0.4, -0.2) is 21.9 Å². The lowest BCUT2D eigenvalue weighted by molar-refractivity contribution is 0.0924. The van der Waals surface area contributed by atoms with E-state index in [0.717, 1.165) is 10.8 Å². The zero-order valence-corrected chi connectivity index (χ0v) is 10.4. The van der Waals surface area contributed by atoms with Crippen LogP contribution in [0.5, 0.6) is 0 Å². The Hall–Kier alpha value is -0.590. The van der Waals surface area contributed by atoms with E-state index >= 15 is 0 Å². The molecule has 5 heteroatoms. The summed E-state index contributed by atoms with van der Waals surface area (Å²) in [7, 11) is 0. The maximum absolute atomic E-state index is 11.5. The van der Waals surface area contributed by atoms with Crippen LogP contribution >= 0.6 is 22.6 Å². The van der Waals surface area contributed by atoms with Gasteiger partial charge in [0, 0.05) is 17.9 Å². The second-order valence-corrected chi connectivity index (χ2v) is 4.02. The topological polar surface area (TPSA) is 55.1 Å². The van der Waals surface area contributed by atoms with Crippen molar-refractivity contribution in [3.05, 3.63) is 17.3 Å². The number of nitrogens with zero attached hydrogens (tertiary/aromatic N) is 1. The van der Waals surface area contributed by atoms with Gasteiger partial charge in [0.15, 0.2) is 5.89 Å². The number of hydrogen-bond donors (Lipinski definition) is 1. The zero-order valence-electron chi connectivity index (χ0n) is 8.26. The highest BCUT2D eigenvalue weighted by Crippen LogP contribution is 2.08. The highest BCUT2D eigenvalue weighted by molar-refractivity contribution is 14.1. The third-order valence-electron chi connectivity index (χ3n) is 1.71. The summed E-state index contributed by atoms with van der Waals surface area (Å²) in [5, 5.41) is 2.78. The molecule has 0 fully saturated rings. The molecule has 0 spiro atoms. The van der Waals surface area contributed by atoms with Gasteiger partial charge in [-0.3, -0.25) is 4.79 Å². The molecule has 0 saturated heterocycles. The number of halogens is 1. The van der Waals surface area contributed by atoms with E-state index in [0.29, 0.717) is 23.9 Å². The summed E-state index contributed by atoms with van der Waals surface area (Å²) in [6.45, 7) is 4.18. The van der Waals surface area contributed by atoms with Crippen molar-refractivity contribution >= 4 is 28.5 Å². The van der Waals surface area contributed by atoms with Crippen LogP contribution in [0.4, 0.5) is 0 Å². The number of rotatable bonds is 4. The zero-order chi connectivity index (χ0) is 10.6. The summed E-state index contributed by atoms with van der Waals surface area (Å²) in [6.07, 6.45) is 0.971. The van der Waals surface area contributed by atoms with Crippen LogP contribution in [0.25, 0.3) is 0 Å². The molecule has 0 radical (unpaired) electrons. The minimum atomic E-state index is -0.173. The molecule has 0 aliphatic heterocycles. The molecule has 0 saturated carbocycles. The molecule has 4 nitrogen and oxygen atoms in total. The minimum Gasteiger partial charge on any atom is -0.436 e. The van der Waals surface area contributed by atoms with E-state index in [9.17, 15) is 4.79 Å². The van der Waals surface area contributed by atoms with Crippen LogP contribution < -0.4 is 5.32 Å². The lowest BCUT2D eigenvalue weighted by atomic mass is 10.3. The van der Waals surface area contributed by atoms with Crippen LogP contribution in [0.1, 0.15) is 28.6 Å². The third-order valence-corrected chi connectivity index (χ3v) is 2.47. The van der Waals surface area contributed by atoms with E-state index in [2.05, 4.69) is 32.9 Å². The first kappa shape index (κ1) is 11.5. The minimum absolute atomic E-state index is 0.173. The van der Waals surface area contributed by atoms with Crippen LogP contribution in [0, 0.1) is 13.8 Å². The predicted octanol–water partition coefficient (Wildman–Crippen LogP) is 1.85. The van der Waals surface area contributed by atoms with E-state index in [4.69, 9.17) is 4.42 Å². The van der Waals surface area contributed by atoms with Gasteiger partial charge in [-0.05, 0) is 13.3 Å². The molecule has 78 valence electrons. The van der Waals surface area contributed by atoms with Crippen LogP contribution in [0.15, 0.2) is 4.42 Å². The van der Waals surface area contributed by atoms with Gasteiger partial charge in [-0.15, -0.1) is 0 Å². The number of aromatic nitrogens is 1. The smallest absolute Gasteiger partial charge is 0.289 e. The fraction of sp³-hybridized carbons (Fsp3) is 0.556. The summed E-state index contributed by atoms with van der Waals surface area (Å²) in [5.74, 6) is 0.686. The Morgan fingerprint density at radius 1 is 1.57 bits per heavy atom. The molecular weight excluding hydrogens is 295 g/mol. The predicted molar refractivity (Wildman–Crippen MR) is 61.8 cm³/mol. The highest BCUT2D eigenvalue weighted by Gasteiger charge is 2.14. The fourth-order valence-electron chi connectivity index (χ4n) is 1.09. The second-order valence-electron chi connectivity index (χ2n) is 2.95. The Labute approximate surface area is 96.6 Å². The number of nitrogens with one attached hydrogen (secondary N) is 1. The molecule has 1 heterocycles. The summed E-state index contributed by atoms with van der Waals surface area (Å²) >= 11 is 2.27. The van der Waals surface area contributed by atoms with Crippen molar-refractivity contribution in [1.29, 1.82) is 0 Å². The average molecular weight is 308 g/mol. The van der Waals surface area contributed by atoms with Gasteiger partial charge in [0.1, 0.15) is 0 Å². The molecule has 1 aromatic rings. The molecule has 14 heavy (non-hydrogen) atoms. The molecule has 1 amide bonds. The molecular formula is C9H13IN2O2. The molecule has 0 aliphatic carbocycles. The molecule has 0 bridgehead atoms. The van der Waals surface area contributed by atoms with E-state index < -0.39 is 0 Å². The van der Waals surface area contributed by atoms with Crippen LogP contribution in [0.3, 0.4) is 0 Å². The highest BCUT2D eigenvalue weighted by atomic mass is 127. The molecule has 0 aliphatic rings. The quantitative estimate of drug-likeness (QED) is 0.525. The lowest BCUT2D eigenvalue weighted by Gasteiger charge is -2.00. The van der Waals surface area contributed by atoms with Gasteiger partial charge in [0.25, 0.3) is 5.91 Å². The summed E-state index contributed by atoms with van der Waals surface area (Å²) in [4.78, 5) is 15.5. The Morgan fingerprint density at radius 3 is 2.79 bits per heavy atom. The van der Waals surface area contributed by atoms with Crippen LogP contribution in [0.2, 0.25) is 0 Å². The molecule has 0 unspecified atom stereocenters. The van der Waals surface area contributed by atoms with Gasteiger partial charge >= 0.3 is 0 Å². The van der Waals surface area contributed by atoms with Gasteiger partial charge in [0.05, 0.1) is 5.69 Å². The molecule has 1 rings (SSSR count). The fourth-order valence-corrected chi connectivity index (χ4v) is 1.47. The largest absolute Gasteiger partial charge is 0.436 e. The van der Waals surface area contributed by atoms with Gasteiger partial charge in [0.2, 0.25) is 5.76 Å². The van der Waals surface area contributed by atoms with E-state index in [-0.39, 0.29) is 5.91 Å². The first-order valence-electron chi connectivity index (χ1n) is 4.43. The van der Waals surface area contributed by atoms with Gasteiger partial charge in [-0.1, -0.05) is 22.6 Å². The SMILES string of the molecule is Cc1nc(C)c(C(=O)NCCCI)o1. The normalized spacial score (nSPS) is 10.2. The van der Waals surface area contributed by atoms with Crippen molar-refractivity contribution < 1.29 is 9.21 Å². The van der Waals surface area contributed by atoms with E-state index in [1.165, 1.54) is 0 Å². The van der Waals surface area contributed by atoms with Gasteiger partial charge in [-0.25, -0.2) is 4.98 Å². The molecule has 0 atom stereocenters. The molecule has 0 aromatic carbocycles. The molecule has 1 aromatic heterocycles. The number of alkyl halides is 1. The van der Waals surface area contributed by atoms with Crippen LogP contribution in [-0.2, 0) is 0 Å². The van der Waals surface area contributed by atoms with Gasteiger partial charge in [-0.2, -0.15) is 0 Å². The summed E-state index contributed by atoms with van der Waals surface area (Å²) < 4.78 is 6.22. The number of carbonyl (C=O) groups is 1. The molecule has 1 N–H and O–H groups in total. The number of oxazole rings is 1. The lowest BCUT2D eigenvalue weighted by Crippen LogP contribution is -2.24. The Balaban J connectivity index is 2.56. The van der Waals surface area contributed by atoms with Crippen molar-refractivity contribution in [1.82, 2.24) is 10.3 Å². The number of aryl methyl sites for hydroxylation is 2. The third kappa shape index (κ3) is 2.97. The first-order valence-corrected chi connectivity index (χ1v) is 5.96. The summed E-state index contributed by atoms with van der Waals surface area (Å²) in [5.41, 5.74) is 0.648. The van der Waals surface area contributed by atoms with E-state index in [1.54, 1.807) is 13.8 Å². The Kier molecular flexibility index (Phi) is 4.37. The first-order chi connectivity index (χ1) is 6.65. The van der Waals surface area contributed by atoms with Crippen molar-refractivity contribution in [2.45, 2.75) is 20.3 Å². The Bertz CT molecular complexity index is 323. The number of carbonyl (C=O) groups excluding carboxylic acids is 1. The average Bonchev–Trinajstić information content (AvgIpc) is 2.45. The number of hydrogen-bond acceptors (Lipinski definition) is 3. The maximum atomic E-state index is 11.5.